The highest BCUT2D eigenvalue weighted by atomic mass is 32.2. The normalized spacial score (nSPS) is 11.0. The maximum absolute atomic E-state index is 5.65. The van der Waals surface area contributed by atoms with E-state index in [1.807, 2.05) is 54.9 Å². The lowest BCUT2D eigenvalue weighted by atomic mass is 10.1. The van der Waals surface area contributed by atoms with E-state index in [0.717, 1.165) is 27.9 Å². The molecule has 0 aliphatic heterocycles. The van der Waals surface area contributed by atoms with E-state index in [0.29, 0.717) is 24.1 Å². The first-order valence-corrected chi connectivity index (χ1v) is 10.3. The summed E-state index contributed by atoms with van der Waals surface area (Å²) in [7, 11) is 1.96. The van der Waals surface area contributed by atoms with E-state index in [-0.39, 0.29) is 0 Å². The van der Waals surface area contributed by atoms with Crippen LogP contribution in [-0.4, -0.2) is 31.5 Å². The van der Waals surface area contributed by atoms with Crippen LogP contribution in [0.25, 0.3) is 22.8 Å². The Kier molecular flexibility index (Phi) is 5.62. The van der Waals surface area contributed by atoms with E-state index >= 15 is 0 Å². The first kappa shape index (κ1) is 19.2. The standard InChI is InChI=1S/C21H21N5O2S/c1-4-27-17-11-6-5-10-16(17)19-22-18(28-25-19)13-29-21-24-23-20(26(21)3)15-9-7-8-14(2)12-15/h5-12H,4,13H2,1-3H3. The first-order chi connectivity index (χ1) is 14.2. The summed E-state index contributed by atoms with van der Waals surface area (Å²) in [5, 5.41) is 13.5. The van der Waals surface area contributed by atoms with Crippen LogP contribution in [0.3, 0.4) is 0 Å². The lowest BCUT2D eigenvalue weighted by Crippen LogP contribution is -1.95. The number of rotatable bonds is 7. The second kappa shape index (κ2) is 8.48. The predicted octanol–water partition coefficient (Wildman–Crippen LogP) is 4.53. The Morgan fingerprint density at radius 3 is 2.79 bits per heavy atom. The number of benzene rings is 2. The third kappa shape index (κ3) is 4.17. The molecule has 2 aromatic heterocycles. The average Bonchev–Trinajstić information content (AvgIpc) is 3.34. The van der Waals surface area contributed by atoms with Crippen molar-refractivity contribution in [1.29, 1.82) is 0 Å². The van der Waals surface area contributed by atoms with Crippen molar-refractivity contribution in [2.45, 2.75) is 24.8 Å². The van der Waals surface area contributed by atoms with Gasteiger partial charge in [-0.2, -0.15) is 4.98 Å². The van der Waals surface area contributed by atoms with E-state index in [1.54, 1.807) is 0 Å². The maximum Gasteiger partial charge on any atom is 0.237 e. The van der Waals surface area contributed by atoms with Gasteiger partial charge in [-0.3, -0.25) is 0 Å². The molecule has 4 aromatic rings. The number of thioether (sulfide) groups is 1. The summed E-state index contributed by atoms with van der Waals surface area (Å²) >= 11 is 1.50. The van der Waals surface area contributed by atoms with Crippen molar-refractivity contribution in [3.63, 3.8) is 0 Å². The molecular weight excluding hydrogens is 386 g/mol. The molecule has 0 radical (unpaired) electrons. The monoisotopic (exact) mass is 407 g/mol. The van der Waals surface area contributed by atoms with Gasteiger partial charge >= 0.3 is 0 Å². The summed E-state index contributed by atoms with van der Waals surface area (Å²) < 4.78 is 13.0. The van der Waals surface area contributed by atoms with Gasteiger partial charge in [-0.25, -0.2) is 0 Å². The fourth-order valence-corrected chi connectivity index (χ4v) is 3.71. The van der Waals surface area contributed by atoms with Crippen LogP contribution < -0.4 is 4.74 Å². The number of ether oxygens (including phenoxy) is 1. The van der Waals surface area contributed by atoms with Gasteiger partial charge in [-0.1, -0.05) is 52.8 Å². The van der Waals surface area contributed by atoms with Gasteiger partial charge in [0.05, 0.1) is 17.9 Å². The molecule has 0 atom stereocenters. The van der Waals surface area contributed by atoms with Gasteiger partial charge in [-0.05, 0) is 32.0 Å². The van der Waals surface area contributed by atoms with Crippen molar-refractivity contribution in [3.8, 4) is 28.5 Å². The van der Waals surface area contributed by atoms with Crippen molar-refractivity contribution in [3.05, 3.63) is 60.0 Å². The molecule has 0 unspecified atom stereocenters. The Morgan fingerprint density at radius 2 is 1.97 bits per heavy atom. The van der Waals surface area contributed by atoms with Crippen LogP contribution >= 0.6 is 11.8 Å². The molecule has 0 bridgehead atoms. The van der Waals surface area contributed by atoms with E-state index in [9.17, 15) is 0 Å². The second-order valence-electron chi connectivity index (χ2n) is 6.46. The van der Waals surface area contributed by atoms with Gasteiger partial charge in [-0.15, -0.1) is 10.2 Å². The number of hydrogen-bond acceptors (Lipinski definition) is 7. The highest BCUT2D eigenvalue weighted by Gasteiger charge is 2.16. The fraction of sp³-hybridized carbons (Fsp3) is 0.238. The SMILES string of the molecule is CCOc1ccccc1-c1noc(CSc2nnc(-c3cccc(C)c3)n2C)n1. The minimum absolute atomic E-state index is 0.504. The number of hydrogen-bond donors (Lipinski definition) is 0. The van der Waals surface area contributed by atoms with Crippen molar-refractivity contribution in [2.24, 2.45) is 7.05 Å². The van der Waals surface area contributed by atoms with E-state index < -0.39 is 0 Å². The van der Waals surface area contributed by atoms with E-state index in [4.69, 9.17) is 9.26 Å². The first-order valence-electron chi connectivity index (χ1n) is 9.29. The topological polar surface area (TPSA) is 78.9 Å². The van der Waals surface area contributed by atoms with Crippen LogP contribution in [0.4, 0.5) is 0 Å². The van der Waals surface area contributed by atoms with E-state index in [2.05, 4.69) is 39.4 Å². The van der Waals surface area contributed by atoms with Crippen LogP contribution in [0.1, 0.15) is 18.4 Å². The molecule has 29 heavy (non-hydrogen) atoms. The lowest BCUT2D eigenvalue weighted by Gasteiger charge is -2.06. The zero-order valence-corrected chi connectivity index (χ0v) is 17.3. The van der Waals surface area contributed by atoms with Crippen LogP contribution in [-0.2, 0) is 12.8 Å². The minimum atomic E-state index is 0.504. The molecule has 0 saturated carbocycles. The van der Waals surface area contributed by atoms with Gasteiger partial charge < -0.3 is 13.8 Å². The van der Waals surface area contributed by atoms with Crippen molar-refractivity contribution in [1.82, 2.24) is 24.9 Å². The molecule has 2 aromatic carbocycles. The zero-order valence-electron chi connectivity index (χ0n) is 16.5. The molecule has 0 N–H and O–H groups in total. The fourth-order valence-electron chi connectivity index (χ4n) is 2.96. The molecule has 4 rings (SSSR count). The van der Waals surface area contributed by atoms with Crippen molar-refractivity contribution < 1.29 is 9.26 Å². The molecule has 0 aliphatic rings. The lowest BCUT2D eigenvalue weighted by molar-refractivity contribution is 0.341. The minimum Gasteiger partial charge on any atom is -0.493 e. The summed E-state index contributed by atoms with van der Waals surface area (Å²) in [6, 6.07) is 15.9. The number of para-hydroxylation sites is 1. The summed E-state index contributed by atoms with van der Waals surface area (Å²) in [5.74, 6) is 3.11. The summed E-state index contributed by atoms with van der Waals surface area (Å²) in [6.07, 6.45) is 0. The third-order valence-corrected chi connectivity index (χ3v) is 5.34. The summed E-state index contributed by atoms with van der Waals surface area (Å²) in [6.45, 7) is 4.58. The maximum atomic E-state index is 5.65. The number of aromatic nitrogens is 5. The highest BCUT2D eigenvalue weighted by Crippen LogP contribution is 2.29. The van der Waals surface area contributed by atoms with Crippen molar-refractivity contribution >= 4 is 11.8 Å². The van der Waals surface area contributed by atoms with Crippen LogP contribution in [0.5, 0.6) is 5.75 Å². The van der Waals surface area contributed by atoms with Gasteiger partial charge in [0.2, 0.25) is 11.7 Å². The quantitative estimate of drug-likeness (QED) is 0.416. The van der Waals surface area contributed by atoms with Crippen LogP contribution in [0.2, 0.25) is 0 Å². The molecule has 0 amide bonds. The van der Waals surface area contributed by atoms with Crippen molar-refractivity contribution in [2.75, 3.05) is 6.61 Å². The van der Waals surface area contributed by atoms with Gasteiger partial charge in [0.15, 0.2) is 11.0 Å². The van der Waals surface area contributed by atoms with Crippen LogP contribution in [0, 0.1) is 6.92 Å². The van der Waals surface area contributed by atoms with Crippen LogP contribution in [0.15, 0.2) is 58.2 Å². The second-order valence-corrected chi connectivity index (χ2v) is 7.41. The largest absolute Gasteiger partial charge is 0.493 e. The molecule has 2 heterocycles. The molecule has 0 aliphatic carbocycles. The molecule has 148 valence electrons. The Balaban J connectivity index is 1.49. The highest BCUT2D eigenvalue weighted by molar-refractivity contribution is 7.98. The predicted molar refractivity (Wildman–Crippen MR) is 112 cm³/mol. The Morgan fingerprint density at radius 1 is 1.10 bits per heavy atom. The van der Waals surface area contributed by atoms with E-state index in [1.165, 1.54) is 17.3 Å². The zero-order chi connectivity index (χ0) is 20.2. The summed E-state index contributed by atoms with van der Waals surface area (Å²) in [4.78, 5) is 4.51. The Hall–Kier alpha value is -3.13. The molecule has 8 heteroatoms. The molecular formula is C21H21N5O2S. The van der Waals surface area contributed by atoms with Gasteiger partial charge in [0, 0.05) is 12.6 Å². The van der Waals surface area contributed by atoms with Gasteiger partial charge in [0.1, 0.15) is 5.75 Å². The Labute approximate surface area is 173 Å². The summed E-state index contributed by atoms with van der Waals surface area (Å²) in [5.41, 5.74) is 3.04. The molecule has 0 fully saturated rings. The molecule has 7 nitrogen and oxygen atoms in total. The third-order valence-electron chi connectivity index (χ3n) is 4.33. The average molecular weight is 407 g/mol. The Bertz CT molecular complexity index is 1120. The molecule has 0 saturated heterocycles. The van der Waals surface area contributed by atoms with Gasteiger partial charge in [0.25, 0.3) is 0 Å². The molecule has 0 spiro atoms. The smallest absolute Gasteiger partial charge is 0.237 e. The number of nitrogens with zero attached hydrogens (tertiary/aromatic N) is 5. The number of aryl methyl sites for hydroxylation is 1.